The molecule has 3 heterocycles. The summed E-state index contributed by atoms with van der Waals surface area (Å²) in [5, 5.41) is 12.8. The van der Waals surface area contributed by atoms with Gasteiger partial charge in [0.1, 0.15) is 23.6 Å². The number of aliphatic carboxylic acids is 1. The van der Waals surface area contributed by atoms with Crippen molar-refractivity contribution in [1.82, 2.24) is 9.97 Å². The predicted octanol–water partition coefficient (Wildman–Crippen LogP) is 4.26. The quantitative estimate of drug-likeness (QED) is 0.544. The number of hydrogen-bond acceptors (Lipinski definition) is 7. The fourth-order valence-electron chi connectivity index (χ4n) is 4.03. The molecule has 0 unspecified atom stereocenters. The Balaban J connectivity index is 1.35. The lowest BCUT2D eigenvalue weighted by Gasteiger charge is -2.34. The number of anilines is 3. The van der Waals surface area contributed by atoms with E-state index in [1.54, 1.807) is 6.07 Å². The largest absolute Gasteiger partial charge is 0.487 e. The first-order valence-corrected chi connectivity index (χ1v) is 10.7. The van der Waals surface area contributed by atoms with Crippen LogP contribution < -0.4 is 15.0 Å². The van der Waals surface area contributed by atoms with Crippen LogP contribution in [0, 0.1) is 11.6 Å². The third kappa shape index (κ3) is 4.20. The smallest absolute Gasteiger partial charge is 0.315 e. The molecule has 0 amide bonds. The Morgan fingerprint density at radius 3 is 2.67 bits per heavy atom. The van der Waals surface area contributed by atoms with E-state index in [1.165, 1.54) is 30.9 Å². The number of piperidine rings is 1. The van der Waals surface area contributed by atoms with E-state index in [0.29, 0.717) is 61.8 Å². The molecule has 2 N–H and O–H groups in total. The van der Waals surface area contributed by atoms with E-state index in [0.717, 1.165) is 6.07 Å². The molecule has 33 heavy (non-hydrogen) atoms. The minimum Gasteiger partial charge on any atom is -0.487 e. The maximum absolute atomic E-state index is 14.0. The van der Waals surface area contributed by atoms with Gasteiger partial charge in [-0.1, -0.05) is 0 Å². The summed E-state index contributed by atoms with van der Waals surface area (Å²) in [6, 6.07) is 5.00. The van der Waals surface area contributed by atoms with Gasteiger partial charge < -0.3 is 24.5 Å². The lowest BCUT2D eigenvalue weighted by atomic mass is 10.0. The maximum Gasteiger partial charge on any atom is 0.315 e. The molecule has 2 aromatic heterocycles. The number of nitrogens with zero attached hydrogens (tertiary/aromatic N) is 3. The lowest BCUT2D eigenvalue weighted by molar-refractivity contribution is -0.140. The van der Waals surface area contributed by atoms with E-state index < -0.39 is 23.0 Å². The van der Waals surface area contributed by atoms with Crippen LogP contribution in [0.5, 0.6) is 5.75 Å². The monoisotopic (exact) mass is 456 g/mol. The highest BCUT2D eigenvalue weighted by Crippen LogP contribution is 2.48. The number of halogens is 2. The zero-order valence-electron chi connectivity index (χ0n) is 17.6. The minimum absolute atomic E-state index is 0.0242. The van der Waals surface area contributed by atoms with Gasteiger partial charge >= 0.3 is 5.97 Å². The predicted molar refractivity (Wildman–Crippen MR) is 115 cm³/mol. The summed E-state index contributed by atoms with van der Waals surface area (Å²) in [5.74, 6) is -1.22. The Hall–Kier alpha value is -3.69. The van der Waals surface area contributed by atoms with E-state index >= 15 is 0 Å². The van der Waals surface area contributed by atoms with Crippen LogP contribution in [0.1, 0.15) is 31.4 Å². The molecule has 1 saturated carbocycles. The van der Waals surface area contributed by atoms with Gasteiger partial charge in [-0.3, -0.25) is 4.79 Å². The third-order valence-electron chi connectivity index (χ3n) is 6.12. The Bertz CT molecular complexity index is 1160. The summed E-state index contributed by atoms with van der Waals surface area (Å²) in [5.41, 5.74) is 0.162. The first kappa shape index (κ1) is 21.2. The molecule has 8 nitrogen and oxygen atoms in total. The molecule has 1 saturated heterocycles. The van der Waals surface area contributed by atoms with Crippen molar-refractivity contribution in [3.8, 4) is 5.75 Å². The average Bonchev–Trinajstić information content (AvgIpc) is 3.47. The number of nitrogens with one attached hydrogen (secondary N) is 1. The number of carboxylic acid groups (broad SMARTS) is 1. The van der Waals surface area contributed by atoms with Crippen molar-refractivity contribution < 1.29 is 27.8 Å². The van der Waals surface area contributed by atoms with Crippen LogP contribution in [0.3, 0.4) is 0 Å². The highest BCUT2D eigenvalue weighted by atomic mass is 19.1. The molecule has 5 rings (SSSR count). The Morgan fingerprint density at radius 1 is 1.24 bits per heavy atom. The molecule has 1 aliphatic carbocycles. The zero-order valence-corrected chi connectivity index (χ0v) is 17.6. The number of aromatic nitrogens is 2. The van der Waals surface area contributed by atoms with E-state index in [1.807, 2.05) is 4.90 Å². The van der Waals surface area contributed by atoms with Gasteiger partial charge in [0.25, 0.3) is 0 Å². The van der Waals surface area contributed by atoms with Crippen LogP contribution in [0.2, 0.25) is 0 Å². The molecule has 0 atom stereocenters. The Kier molecular flexibility index (Phi) is 5.35. The summed E-state index contributed by atoms with van der Waals surface area (Å²) in [6.07, 6.45) is 6.57. The molecule has 0 spiro atoms. The molecule has 172 valence electrons. The summed E-state index contributed by atoms with van der Waals surface area (Å²) >= 11 is 0. The number of furan rings is 1. The van der Waals surface area contributed by atoms with E-state index in [-0.39, 0.29) is 11.9 Å². The summed E-state index contributed by atoms with van der Waals surface area (Å²) in [7, 11) is 0. The normalized spacial score (nSPS) is 17.6. The van der Waals surface area contributed by atoms with Gasteiger partial charge in [-0.15, -0.1) is 0 Å². The standard InChI is InChI=1S/C23H22F2N4O4/c24-14-1-2-18(17(25)11-14)33-16-3-8-29(9-4-16)21-20(27-15-5-10-32-13-15)26-12-19(28-21)23(6-7-23)22(30)31/h1-2,5,10-13,16H,3-4,6-9H2,(H,26,27)(H,30,31). The first-order chi connectivity index (χ1) is 15.9. The number of carboxylic acids is 1. The topological polar surface area (TPSA) is 101 Å². The zero-order chi connectivity index (χ0) is 23.0. The lowest BCUT2D eigenvalue weighted by Crippen LogP contribution is -2.39. The fourth-order valence-corrected chi connectivity index (χ4v) is 4.03. The van der Waals surface area contributed by atoms with Crippen molar-refractivity contribution >= 4 is 23.3 Å². The molecule has 2 fully saturated rings. The highest BCUT2D eigenvalue weighted by molar-refractivity contribution is 5.84. The Morgan fingerprint density at radius 2 is 2.03 bits per heavy atom. The van der Waals surface area contributed by atoms with Gasteiger partial charge in [-0.05, 0) is 31.0 Å². The van der Waals surface area contributed by atoms with Gasteiger partial charge in [0, 0.05) is 32.0 Å². The molecule has 1 aromatic carbocycles. The van der Waals surface area contributed by atoms with Gasteiger partial charge in [-0.2, -0.15) is 0 Å². The second-order valence-corrected chi connectivity index (χ2v) is 8.33. The number of hydrogen-bond donors (Lipinski definition) is 2. The van der Waals surface area contributed by atoms with Crippen molar-refractivity contribution in [2.75, 3.05) is 23.3 Å². The summed E-state index contributed by atoms with van der Waals surface area (Å²) in [4.78, 5) is 23.0. The van der Waals surface area contributed by atoms with Gasteiger partial charge in [-0.25, -0.2) is 18.7 Å². The van der Waals surface area contributed by atoms with Crippen molar-refractivity contribution in [2.45, 2.75) is 37.2 Å². The molecule has 1 aliphatic heterocycles. The van der Waals surface area contributed by atoms with Crippen LogP contribution in [0.4, 0.5) is 26.1 Å². The summed E-state index contributed by atoms with van der Waals surface area (Å²) < 4.78 is 38.0. The molecular weight excluding hydrogens is 434 g/mol. The number of carbonyl (C=O) groups is 1. The minimum atomic E-state index is -0.975. The third-order valence-corrected chi connectivity index (χ3v) is 6.12. The van der Waals surface area contributed by atoms with Crippen molar-refractivity contribution in [2.24, 2.45) is 0 Å². The van der Waals surface area contributed by atoms with Crippen molar-refractivity contribution in [3.05, 3.63) is 60.3 Å². The van der Waals surface area contributed by atoms with Crippen LogP contribution in [0.15, 0.2) is 47.4 Å². The van der Waals surface area contributed by atoms with Gasteiger partial charge in [0.15, 0.2) is 23.2 Å². The molecule has 3 aromatic rings. The molecule has 2 aliphatic rings. The first-order valence-electron chi connectivity index (χ1n) is 10.7. The Labute approximate surface area is 188 Å². The number of rotatable bonds is 7. The number of benzene rings is 1. The van der Waals surface area contributed by atoms with Crippen molar-refractivity contribution in [3.63, 3.8) is 0 Å². The summed E-state index contributed by atoms with van der Waals surface area (Å²) in [6.45, 7) is 1.09. The maximum atomic E-state index is 14.0. The second kappa shape index (κ2) is 8.34. The highest BCUT2D eigenvalue weighted by Gasteiger charge is 2.53. The average molecular weight is 456 g/mol. The SMILES string of the molecule is O=C(O)C1(c2cnc(Nc3ccoc3)c(N3CCC(Oc4ccc(F)cc4F)CC3)n2)CC1. The molecule has 0 radical (unpaired) electrons. The molecular formula is C23H22F2N4O4. The molecule has 10 heteroatoms. The number of ether oxygens (including phenoxy) is 1. The van der Waals surface area contributed by atoms with Gasteiger partial charge in [0.05, 0.1) is 23.8 Å². The second-order valence-electron chi connectivity index (χ2n) is 8.33. The fraction of sp³-hybridized carbons (Fsp3) is 0.348. The van der Waals surface area contributed by atoms with Gasteiger partial charge in [0.2, 0.25) is 0 Å². The van der Waals surface area contributed by atoms with Crippen LogP contribution in [-0.2, 0) is 10.2 Å². The van der Waals surface area contributed by atoms with Crippen LogP contribution in [-0.4, -0.2) is 40.2 Å². The van der Waals surface area contributed by atoms with Crippen molar-refractivity contribution in [1.29, 1.82) is 0 Å². The van der Waals surface area contributed by atoms with Crippen LogP contribution in [0.25, 0.3) is 0 Å². The van der Waals surface area contributed by atoms with E-state index in [4.69, 9.17) is 14.1 Å². The van der Waals surface area contributed by atoms with E-state index in [2.05, 4.69) is 10.3 Å². The van der Waals surface area contributed by atoms with E-state index in [9.17, 15) is 18.7 Å². The van der Waals surface area contributed by atoms with Crippen LogP contribution >= 0.6 is 0 Å². The molecule has 0 bridgehead atoms.